The molecule has 0 saturated carbocycles. The highest BCUT2D eigenvalue weighted by Gasteiger charge is 2.10. The average Bonchev–Trinajstić information content (AvgIpc) is 3.00. The van der Waals surface area contributed by atoms with Crippen LogP contribution in [0.25, 0.3) is 0 Å². The highest BCUT2D eigenvalue weighted by Crippen LogP contribution is 2.15. The Bertz CT molecular complexity index is 779. The third-order valence-electron chi connectivity index (χ3n) is 3.05. The molecule has 0 aliphatic carbocycles. The number of ether oxygens (including phenoxy) is 1. The van der Waals surface area contributed by atoms with Crippen molar-refractivity contribution in [3.05, 3.63) is 33.7 Å². The molecule has 0 unspecified atom stereocenters. The van der Waals surface area contributed by atoms with E-state index in [0.29, 0.717) is 17.2 Å². The number of nitrogens with zero attached hydrogens (tertiary/aromatic N) is 2. The molecule has 2 amide bonds. The zero-order valence-corrected chi connectivity index (χ0v) is 16.4. The number of carbonyl (C=O) groups excluding carboxylic acids is 3. The van der Waals surface area contributed by atoms with Crippen molar-refractivity contribution in [2.75, 3.05) is 17.2 Å². The summed E-state index contributed by atoms with van der Waals surface area (Å²) >= 11 is 4.57. The number of anilines is 2. The second kappa shape index (κ2) is 9.97. The van der Waals surface area contributed by atoms with E-state index in [1.807, 2.05) is 0 Å². The smallest absolute Gasteiger partial charge is 0.306 e. The van der Waals surface area contributed by atoms with Crippen LogP contribution in [-0.2, 0) is 19.1 Å². The molecule has 2 rings (SSSR count). The molecule has 0 spiro atoms. The summed E-state index contributed by atoms with van der Waals surface area (Å²) in [4.78, 5) is 35.0. The van der Waals surface area contributed by atoms with E-state index in [0.717, 1.165) is 9.48 Å². The third-order valence-corrected chi connectivity index (χ3v) is 4.33. The van der Waals surface area contributed by atoms with Crippen molar-refractivity contribution in [3.8, 4) is 0 Å². The van der Waals surface area contributed by atoms with Gasteiger partial charge in [-0.2, -0.15) is 0 Å². The first-order valence-corrected chi connectivity index (χ1v) is 9.34. The molecule has 2 N–H and O–H groups in total. The van der Waals surface area contributed by atoms with Crippen molar-refractivity contribution >= 4 is 55.9 Å². The van der Waals surface area contributed by atoms with E-state index in [1.165, 1.54) is 11.3 Å². The van der Waals surface area contributed by atoms with Crippen molar-refractivity contribution in [2.24, 2.45) is 0 Å². The van der Waals surface area contributed by atoms with E-state index < -0.39 is 11.9 Å². The summed E-state index contributed by atoms with van der Waals surface area (Å²) in [6.45, 7) is 1.42. The van der Waals surface area contributed by atoms with Gasteiger partial charge in [0.25, 0.3) is 5.91 Å². The lowest BCUT2D eigenvalue weighted by Crippen LogP contribution is -2.21. The molecule has 26 heavy (non-hydrogen) atoms. The standard InChI is InChI=1S/C16H17BrN4O4S/c1-10-20-21-16(26-10)19-13(22)3-2-4-15(24)25-9-14(23)18-12-7-5-11(17)6-8-12/h5-8H,2-4,9H2,1H3,(H,18,23)(H,19,21,22). The Kier molecular flexibility index (Phi) is 7.67. The lowest BCUT2D eigenvalue weighted by atomic mass is 10.2. The summed E-state index contributed by atoms with van der Waals surface area (Å²) in [5.41, 5.74) is 0.609. The lowest BCUT2D eigenvalue weighted by Gasteiger charge is -2.07. The molecule has 10 heteroatoms. The highest BCUT2D eigenvalue weighted by atomic mass is 79.9. The van der Waals surface area contributed by atoms with Gasteiger partial charge >= 0.3 is 5.97 Å². The van der Waals surface area contributed by atoms with Gasteiger partial charge < -0.3 is 15.4 Å². The summed E-state index contributed by atoms with van der Waals surface area (Å²) in [5.74, 6) is -1.21. The molecule has 0 radical (unpaired) electrons. The van der Waals surface area contributed by atoms with Crippen molar-refractivity contribution in [2.45, 2.75) is 26.2 Å². The fourth-order valence-electron chi connectivity index (χ4n) is 1.87. The van der Waals surface area contributed by atoms with E-state index in [2.05, 4.69) is 36.8 Å². The maximum absolute atomic E-state index is 11.7. The van der Waals surface area contributed by atoms with Gasteiger partial charge in [-0.25, -0.2) is 0 Å². The molecular weight excluding hydrogens is 424 g/mol. The fraction of sp³-hybridized carbons (Fsp3) is 0.312. The molecule has 0 atom stereocenters. The summed E-state index contributed by atoms with van der Waals surface area (Å²) in [7, 11) is 0. The molecule has 1 heterocycles. The first-order valence-electron chi connectivity index (χ1n) is 7.73. The van der Waals surface area contributed by atoms with Crippen LogP contribution in [0.3, 0.4) is 0 Å². The maximum atomic E-state index is 11.7. The van der Waals surface area contributed by atoms with E-state index >= 15 is 0 Å². The van der Waals surface area contributed by atoms with Crippen LogP contribution in [0, 0.1) is 6.92 Å². The van der Waals surface area contributed by atoms with Gasteiger partial charge in [0.05, 0.1) is 0 Å². The second-order valence-electron chi connectivity index (χ2n) is 5.24. The number of hydrogen-bond acceptors (Lipinski definition) is 7. The monoisotopic (exact) mass is 440 g/mol. The van der Waals surface area contributed by atoms with Gasteiger partial charge in [-0.3, -0.25) is 14.4 Å². The van der Waals surface area contributed by atoms with Gasteiger partial charge in [0.2, 0.25) is 11.0 Å². The quantitative estimate of drug-likeness (QED) is 0.610. The number of halogens is 1. The van der Waals surface area contributed by atoms with E-state index in [9.17, 15) is 14.4 Å². The highest BCUT2D eigenvalue weighted by molar-refractivity contribution is 9.10. The number of carbonyl (C=O) groups is 3. The topological polar surface area (TPSA) is 110 Å². The van der Waals surface area contributed by atoms with Crippen LogP contribution in [0.15, 0.2) is 28.7 Å². The van der Waals surface area contributed by atoms with Crippen LogP contribution in [0.5, 0.6) is 0 Å². The van der Waals surface area contributed by atoms with Gasteiger partial charge in [-0.05, 0) is 37.6 Å². The Morgan fingerprint density at radius 3 is 2.46 bits per heavy atom. The summed E-state index contributed by atoms with van der Waals surface area (Å²) in [6.07, 6.45) is 0.518. The largest absolute Gasteiger partial charge is 0.456 e. The number of esters is 1. The first-order chi connectivity index (χ1) is 12.4. The Hall–Kier alpha value is -2.33. The van der Waals surface area contributed by atoms with Crippen molar-refractivity contribution in [1.29, 1.82) is 0 Å². The minimum Gasteiger partial charge on any atom is -0.456 e. The number of nitrogens with one attached hydrogen (secondary N) is 2. The van der Waals surface area contributed by atoms with Gasteiger partial charge in [-0.1, -0.05) is 27.3 Å². The molecule has 0 aliphatic heterocycles. The van der Waals surface area contributed by atoms with Crippen molar-refractivity contribution in [3.63, 3.8) is 0 Å². The Morgan fingerprint density at radius 2 is 1.81 bits per heavy atom. The van der Waals surface area contributed by atoms with E-state index in [1.54, 1.807) is 31.2 Å². The van der Waals surface area contributed by atoms with E-state index in [-0.39, 0.29) is 25.4 Å². The minimum absolute atomic E-state index is 0.0497. The van der Waals surface area contributed by atoms with Crippen LogP contribution in [-0.4, -0.2) is 34.6 Å². The van der Waals surface area contributed by atoms with Crippen LogP contribution in [0.2, 0.25) is 0 Å². The molecule has 2 aromatic rings. The van der Waals surface area contributed by atoms with Gasteiger partial charge in [0.15, 0.2) is 6.61 Å². The molecule has 0 aliphatic rings. The third kappa shape index (κ3) is 7.28. The molecule has 0 saturated heterocycles. The lowest BCUT2D eigenvalue weighted by molar-refractivity contribution is -0.147. The predicted octanol–water partition coefficient (Wildman–Crippen LogP) is 2.90. The Morgan fingerprint density at radius 1 is 1.08 bits per heavy atom. The molecule has 0 fully saturated rings. The normalized spacial score (nSPS) is 10.2. The first kappa shape index (κ1) is 20.0. The van der Waals surface area contributed by atoms with Crippen LogP contribution >= 0.6 is 27.3 Å². The van der Waals surface area contributed by atoms with Crippen LogP contribution in [0.4, 0.5) is 10.8 Å². The molecule has 8 nitrogen and oxygen atoms in total. The van der Waals surface area contributed by atoms with Gasteiger partial charge in [0, 0.05) is 23.0 Å². The average molecular weight is 441 g/mol. The number of amides is 2. The Labute approximate surface area is 162 Å². The molecular formula is C16H17BrN4O4S. The summed E-state index contributed by atoms with van der Waals surface area (Å²) in [6, 6.07) is 7.02. The van der Waals surface area contributed by atoms with Crippen molar-refractivity contribution < 1.29 is 19.1 Å². The predicted molar refractivity (Wildman–Crippen MR) is 101 cm³/mol. The number of aryl methyl sites for hydroxylation is 1. The minimum atomic E-state index is -0.532. The van der Waals surface area contributed by atoms with Crippen LogP contribution < -0.4 is 10.6 Å². The molecule has 138 valence electrons. The number of aromatic nitrogens is 2. The van der Waals surface area contributed by atoms with Crippen LogP contribution in [0.1, 0.15) is 24.3 Å². The zero-order valence-electron chi connectivity index (χ0n) is 14.0. The zero-order chi connectivity index (χ0) is 18.9. The fourth-order valence-corrected chi connectivity index (χ4v) is 2.74. The molecule has 1 aromatic heterocycles. The van der Waals surface area contributed by atoms with Crippen molar-refractivity contribution in [1.82, 2.24) is 10.2 Å². The van der Waals surface area contributed by atoms with E-state index in [4.69, 9.17) is 4.74 Å². The van der Waals surface area contributed by atoms with Gasteiger partial charge in [-0.15, -0.1) is 10.2 Å². The number of hydrogen-bond donors (Lipinski definition) is 2. The second-order valence-corrected chi connectivity index (χ2v) is 7.34. The number of benzene rings is 1. The SMILES string of the molecule is Cc1nnc(NC(=O)CCCC(=O)OCC(=O)Nc2ccc(Br)cc2)s1. The van der Waals surface area contributed by atoms with Gasteiger partial charge in [0.1, 0.15) is 5.01 Å². The number of rotatable bonds is 8. The maximum Gasteiger partial charge on any atom is 0.306 e. The Balaban J connectivity index is 1.60. The summed E-state index contributed by atoms with van der Waals surface area (Å²) in [5, 5.41) is 14.0. The summed E-state index contributed by atoms with van der Waals surface area (Å²) < 4.78 is 5.79. The molecule has 0 bridgehead atoms. The molecule has 1 aromatic carbocycles.